The fraction of sp³-hybridized carbons (Fsp3) is 0.625. The monoisotopic (exact) mass is 215 g/mol. The van der Waals surface area contributed by atoms with E-state index in [1.165, 1.54) is 7.05 Å². The average molecular weight is 215 g/mol. The quantitative estimate of drug-likeness (QED) is 0.577. The fourth-order valence-electron chi connectivity index (χ4n) is 1.35. The standard InChI is InChI=1S/C8H13N3O4/c1-10-6(12)3-2-5(9)8(15)11(10)4-7(13)14/h5H,2-4,9H2,1H3,(H,13,14)/t5-/m0/s1. The molecule has 2 amide bonds. The highest BCUT2D eigenvalue weighted by molar-refractivity contribution is 5.90. The van der Waals surface area contributed by atoms with Crippen LogP contribution in [-0.4, -0.2) is 52.5 Å². The molecular weight excluding hydrogens is 202 g/mol. The van der Waals surface area contributed by atoms with Crippen molar-refractivity contribution in [2.45, 2.75) is 18.9 Å². The van der Waals surface area contributed by atoms with Crippen molar-refractivity contribution >= 4 is 17.8 Å². The second-order valence-electron chi connectivity index (χ2n) is 3.35. The van der Waals surface area contributed by atoms with Crippen LogP contribution in [0.15, 0.2) is 0 Å². The molecule has 1 aliphatic rings. The second kappa shape index (κ2) is 4.26. The Hall–Kier alpha value is -1.63. The number of amides is 2. The minimum Gasteiger partial charge on any atom is -0.480 e. The number of rotatable bonds is 2. The molecule has 0 radical (unpaired) electrons. The first-order valence-corrected chi connectivity index (χ1v) is 4.48. The fourth-order valence-corrected chi connectivity index (χ4v) is 1.35. The minimum atomic E-state index is -1.18. The smallest absolute Gasteiger partial charge is 0.325 e. The SMILES string of the molecule is CN1C(=O)CC[C@H](N)C(=O)N1CC(=O)O. The summed E-state index contributed by atoms with van der Waals surface area (Å²) >= 11 is 0. The van der Waals surface area contributed by atoms with Gasteiger partial charge in [0.25, 0.3) is 5.91 Å². The first kappa shape index (κ1) is 11.4. The van der Waals surface area contributed by atoms with E-state index < -0.39 is 24.5 Å². The molecule has 84 valence electrons. The van der Waals surface area contributed by atoms with Crippen LogP contribution in [0.1, 0.15) is 12.8 Å². The van der Waals surface area contributed by atoms with Crippen molar-refractivity contribution in [3.8, 4) is 0 Å². The molecule has 0 bridgehead atoms. The third kappa shape index (κ3) is 2.44. The maximum Gasteiger partial charge on any atom is 0.325 e. The second-order valence-corrected chi connectivity index (χ2v) is 3.35. The lowest BCUT2D eigenvalue weighted by Gasteiger charge is -2.29. The summed E-state index contributed by atoms with van der Waals surface area (Å²) in [5.41, 5.74) is 5.51. The molecule has 1 aliphatic heterocycles. The predicted molar refractivity (Wildman–Crippen MR) is 49.3 cm³/mol. The van der Waals surface area contributed by atoms with Gasteiger partial charge in [-0.05, 0) is 6.42 Å². The molecule has 0 saturated carbocycles. The minimum absolute atomic E-state index is 0.152. The third-order valence-corrected chi connectivity index (χ3v) is 2.25. The molecule has 0 aliphatic carbocycles. The molecule has 0 aromatic heterocycles. The van der Waals surface area contributed by atoms with E-state index in [1.807, 2.05) is 0 Å². The summed E-state index contributed by atoms with van der Waals surface area (Å²) in [4.78, 5) is 33.5. The molecule has 1 saturated heterocycles. The molecule has 1 fully saturated rings. The van der Waals surface area contributed by atoms with Crippen LogP contribution in [0.4, 0.5) is 0 Å². The van der Waals surface area contributed by atoms with Gasteiger partial charge in [-0.15, -0.1) is 0 Å². The molecule has 1 rings (SSSR count). The summed E-state index contributed by atoms with van der Waals surface area (Å²) in [6.45, 7) is -0.547. The number of nitrogens with two attached hydrogens (primary N) is 1. The number of carbonyl (C=O) groups excluding carboxylic acids is 2. The molecule has 0 aromatic rings. The Morgan fingerprint density at radius 3 is 2.73 bits per heavy atom. The normalized spacial score (nSPS) is 22.9. The van der Waals surface area contributed by atoms with E-state index in [-0.39, 0.29) is 18.7 Å². The van der Waals surface area contributed by atoms with Gasteiger partial charge in [-0.1, -0.05) is 0 Å². The Morgan fingerprint density at radius 2 is 2.20 bits per heavy atom. The summed E-state index contributed by atoms with van der Waals surface area (Å²) in [7, 11) is 1.36. The summed E-state index contributed by atoms with van der Waals surface area (Å²) in [6.07, 6.45) is 0.400. The van der Waals surface area contributed by atoms with Gasteiger partial charge in [0.1, 0.15) is 6.54 Å². The van der Waals surface area contributed by atoms with Gasteiger partial charge < -0.3 is 10.8 Å². The zero-order chi connectivity index (χ0) is 11.6. The van der Waals surface area contributed by atoms with E-state index in [0.29, 0.717) is 0 Å². The first-order chi connectivity index (χ1) is 6.93. The van der Waals surface area contributed by atoms with E-state index >= 15 is 0 Å². The van der Waals surface area contributed by atoms with Crippen molar-refractivity contribution in [2.24, 2.45) is 5.73 Å². The average Bonchev–Trinajstić information content (AvgIpc) is 2.25. The lowest BCUT2D eigenvalue weighted by Crippen LogP contribution is -2.52. The topological polar surface area (TPSA) is 104 Å². The molecule has 0 aromatic carbocycles. The van der Waals surface area contributed by atoms with Crippen molar-refractivity contribution in [3.05, 3.63) is 0 Å². The van der Waals surface area contributed by atoms with Crippen LogP contribution in [0.2, 0.25) is 0 Å². The zero-order valence-electron chi connectivity index (χ0n) is 8.34. The van der Waals surface area contributed by atoms with Crippen molar-refractivity contribution in [2.75, 3.05) is 13.6 Å². The van der Waals surface area contributed by atoms with E-state index in [0.717, 1.165) is 10.0 Å². The molecule has 0 unspecified atom stereocenters. The largest absolute Gasteiger partial charge is 0.480 e. The van der Waals surface area contributed by atoms with E-state index in [1.54, 1.807) is 0 Å². The molecule has 0 spiro atoms. The van der Waals surface area contributed by atoms with Crippen LogP contribution in [-0.2, 0) is 14.4 Å². The Labute approximate surface area is 86.4 Å². The molecule has 3 N–H and O–H groups in total. The van der Waals surface area contributed by atoms with Gasteiger partial charge >= 0.3 is 5.97 Å². The highest BCUT2D eigenvalue weighted by atomic mass is 16.4. The van der Waals surface area contributed by atoms with Crippen LogP contribution < -0.4 is 5.73 Å². The number of carbonyl (C=O) groups is 3. The molecule has 7 nitrogen and oxygen atoms in total. The highest BCUT2D eigenvalue weighted by Gasteiger charge is 2.32. The molecule has 15 heavy (non-hydrogen) atoms. The van der Waals surface area contributed by atoms with E-state index in [9.17, 15) is 14.4 Å². The van der Waals surface area contributed by atoms with Gasteiger partial charge in [-0.25, -0.2) is 5.01 Å². The molecule has 1 heterocycles. The molecule has 7 heteroatoms. The Balaban J connectivity index is 2.89. The van der Waals surface area contributed by atoms with E-state index in [4.69, 9.17) is 10.8 Å². The number of nitrogens with zero attached hydrogens (tertiary/aromatic N) is 2. The Kier molecular flexibility index (Phi) is 3.25. The number of carboxylic acid groups (broad SMARTS) is 1. The van der Waals surface area contributed by atoms with Crippen molar-refractivity contribution < 1.29 is 19.5 Å². The maximum absolute atomic E-state index is 11.6. The summed E-state index contributed by atoms with van der Waals surface area (Å²) in [6, 6.07) is -0.807. The van der Waals surface area contributed by atoms with Crippen LogP contribution in [0, 0.1) is 0 Å². The highest BCUT2D eigenvalue weighted by Crippen LogP contribution is 2.11. The Bertz CT molecular complexity index is 304. The first-order valence-electron chi connectivity index (χ1n) is 4.48. The van der Waals surface area contributed by atoms with Crippen molar-refractivity contribution in [1.29, 1.82) is 0 Å². The summed E-state index contributed by atoms with van der Waals surface area (Å²) in [5, 5.41) is 10.5. The maximum atomic E-state index is 11.6. The van der Waals surface area contributed by atoms with Crippen LogP contribution in [0.5, 0.6) is 0 Å². The number of aliphatic carboxylic acids is 1. The van der Waals surface area contributed by atoms with Gasteiger partial charge in [-0.3, -0.25) is 19.4 Å². The van der Waals surface area contributed by atoms with Gasteiger partial charge in [0, 0.05) is 13.5 Å². The lowest BCUT2D eigenvalue weighted by molar-refractivity contribution is -0.164. The van der Waals surface area contributed by atoms with Gasteiger partial charge in [0.15, 0.2) is 0 Å². The van der Waals surface area contributed by atoms with Gasteiger partial charge in [0.2, 0.25) is 5.91 Å². The third-order valence-electron chi connectivity index (χ3n) is 2.25. The van der Waals surface area contributed by atoms with Gasteiger partial charge in [0.05, 0.1) is 6.04 Å². The Morgan fingerprint density at radius 1 is 1.60 bits per heavy atom. The van der Waals surface area contributed by atoms with Crippen molar-refractivity contribution in [1.82, 2.24) is 10.0 Å². The van der Waals surface area contributed by atoms with Crippen LogP contribution in [0.3, 0.4) is 0 Å². The van der Waals surface area contributed by atoms with Gasteiger partial charge in [-0.2, -0.15) is 0 Å². The summed E-state index contributed by atoms with van der Waals surface area (Å²) < 4.78 is 0. The molecular formula is C8H13N3O4. The lowest BCUT2D eigenvalue weighted by atomic mass is 10.1. The predicted octanol–water partition coefficient (Wildman–Crippen LogP) is -1.61. The van der Waals surface area contributed by atoms with E-state index in [2.05, 4.69) is 0 Å². The number of hydrogen-bond acceptors (Lipinski definition) is 4. The summed E-state index contributed by atoms with van der Waals surface area (Å²) in [5.74, 6) is -2.03. The number of hydrogen-bond donors (Lipinski definition) is 2. The molecule has 1 atom stereocenters. The van der Waals surface area contributed by atoms with Crippen LogP contribution in [0.25, 0.3) is 0 Å². The number of carboxylic acids is 1. The van der Waals surface area contributed by atoms with Crippen molar-refractivity contribution in [3.63, 3.8) is 0 Å². The number of hydrazine groups is 1. The zero-order valence-corrected chi connectivity index (χ0v) is 8.34. The van der Waals surface area contributed by atoms with Crippen LogP contribution >= 0.6 is 0 Å².